The van der Waals surface area contributed by atoms with E-state index in [4.69, 9.17) is 16.3 Å². The van der Waals surface area contributed by atoms with Gasteiger partial charge < -0.3 is 15.0 Å². The van der Waals surface area contributed by atoms with Gasteiger partial charge in [-0.15, -0.1) is 10.2 Å². The summed E-state index contributed by atoms with van der Waals surface area (Å²) in [7, 11) is 0. The number of carbonyl (C=O) groups is 1. The molecule has 1 saturated carbocycles. The Kier molecular flexibility index (Phi) is 5.88. The van der Waals surface area contributed by atoms with Gasteiger partial charge in [0.25, 0.3) is 5.69 Å². The first kappa shape index (κ1) is 19.9. The highest BCUT2D eigenvalue weighted by molar-refractivity contribution is 7.99. The fourth-order valence-electron chi connectivity index (χ4n) is 3.06. The van der Waals surface area contributed by atoms with Crippen molar-refractivity contribution in [1.82, 2.24) is 14.8 Å². The average Bonchev–Trinajstić information content (AvgIpc) is 3.47. The van der Waals surface area contributed by atoms with Crippen LogP contribution in [0.4, 0.5) is 17.3 Å². The number of aromatic nitrogens is 3. The maximum absolute atomic E-state index is 12.3. The number of hydrogen-bond acceptors (Lipinski definition) is 8. The molecule has 0 bridgehead atoms. The molecular formula is C17H19ClN6O4S. The van der Waals surface area contributed by atoms with Crippen LogP contribution in [0.3, 0.4) is 0 Å². The van der Waals surface area contributed by atoms with Crippen molar-refractivity contribution in [3.8, 4) is 0 Å². The van der Waals surface area contributed by atoms with Gasteiger partial charge in [-0.2, -0.15) is 0 Å². The monoisotopic (exact) mass is 438 g/mol. The van der Waals surface area contributed by atoms with Crippen LogP contribution < -0.4 is 10.2 Å². The van der Waals surface area contributed by atoms with Crippen molar-refractivity contribution in [2.45, 2.75) is 24.0 Å². The van der Waals surface area contributed by atoms with Gasteiger partial charge in [-0.05, 0) is 25.0 Å². The highest BCUT2D eigenvalue weighted by Gasteiger charge is 2.32. The second kappa shape index (κ2) is 8.56. The standard InChI is InChI=1S/C17H19ClN6O4S/c18-13-4-1-11(9-14(13)24(26)27)19-15(25)10-29-17-21-20-16(23(17)12-2-3-12)22-5-7-28-8-6-22/h1,4,9,12H,2-3,5-8,10H2,(H,19,25). The Labute approximate surface area is 175 Å². The van der Waals surface area contributed by atoms with Crippen molar-refractivity contribution in [2.75, 3.05) is 42.3 Å². The van der Waals surface area contributed by atoms with Gasteiger partial charge in [0.1, 0.15) is 5.02 Å². The van der Waals surface area contributed by atoms with Crippen molar-refractivity contribution in [3.63, 3.8) is 0 Å². The number of ether oxygens (including phenoxy) is 1. The van der Waals surface area contributed by atoms with Gasteiger partial charge in [-0.3, -0.25) is 19.5 Å². The zero-order chi connectivity index (χ0) is 20.4. The highest BCUT2D eigenvalue weighted by Crippen LogP contribution is 2.41. The van der Waals surface area contributed by atoms with Gasteiger partial charge in [-0.1, -0.05) is 23.4 Å². The molecule has 154 valence electrons. The first-order valence-electron chi connectivity index (χ1n) is 9.17. The van der Waals surface area contributed by atoms with Crippen LogP contribution in [0.15, 0.2) is 23.4 Å². The fraction of sp³-hybridized carbons (Fsp3) is 0.471. The Morgan fingerprint density at radius 1 is 1.34 bits per heavy atom. The number of rotatable bonds is 7. The largest absolute Gasteiger partial charge is 0.378 e. The van der Waals surface area contributed by atoms with Gasteiger partial charge >= 0.3 is 0 Å². The molecule has 10 nitrogen and oxygen atoms in total. The normalized spacial score (nSPS) is 16.7. The maximum Gasteiger partial charge on any atom is 0.289 e. The van der Waals surface area contributed by atoms with Gasteiger partial charge in [0, 0.05) is 30.9 Å². The molecule has 29 heavy (non-hydrogen) atoms. The third-order valence-corrected chi connectivity index (χ3v) is 5.87. The number of hydrogen-bond donors (Lipinski definition) is 1. The molecule has 1 amide bonds. The predicted octanol–water partition coefficient (Wildman–Crippen LogP) is 2.74. The number of nitro benzene ring substituents is 1. The maximum atomic E-state index is 12.3. The molecule has 12 heteroatoms. The molecule has 2 fully saturated rings. The number of carbonyl (C=O) groups excluding carboxylic acids is 1. The molecule has 1 saturated heterocycles. The minimum absolute atomic E-state index is 0.0237. The van der Waals surface area contributed by atoms with E-state index in [-0.39, 0.29) is 22.4 Å². The summed E-state index contributed by atoms with van der Waals surface area (Å²) in [6, 6.07) is 4.53. The zero-order valence-corrected chi connectivity index (χ0v) is 17.0. The molecule has 1 aromatic heterocycles. The first-order valence-corrected chi connectivity index (χ1v) is 10.5. The summed E-state index contributed by atoms with van der Waals surface area (Å²) in [6.45, 7) is 2.86. The van der Waals surface area contributed by atoms with Crippen LogP contribution in [0.1, 0.15) is 18.9 Å². The summed E-state index contributed by atoms with van der Waals surface area (Å²) >= 11 is 7.10. The quantitative estimate of drug-likeness (QED) is 0.398. The number of anilines is 2. The number of amides is 1. The number of benzene rings is 1. The SMILES string of the molecule is O=C(CSc1nnc(N2CCOCC2)n1C1CC1)Nc1ccc(Cl)c([N+](=O)[O-])c1. The van der Waals surface area contributed by atoms with Crippen LogP contribution in [0.2, 0.25) is 5.02 Å². The topological polar surface area (TPSA) is 115 Å². The van der Waals surface area contributed by atoms with Gasteiger partial charge in [0.05, 0.1) is 23.9 Å². The lowest BCUT2D eigenvalue weighted by molar-refractivity contribution is -0.384. The first-order chi connectivity index (χ1) is 14.0. The van der Waals surface area contributed by atoms with Gasteiger partial charge in [-0.25, -0.2) is 0 Å². The number of nitrogens with one attached hydrogen (secondary N) is 1. The van der Waals surface area contributed by atoms with Crippen LogP contribution in [-0.4, -0.2) is 57.7 Å². The Morgan fingerprint density at radius 2 is 2.10 bits per heavy atom. The number of morpholine rings is 1. The summed E-state index contributed by atoms with van der Waals surface area (Å²) in [5.74, 6) is 0.654. The molecule has 0 atom stereocenters. The van der Waals surface area contributed by atoms with Gasteiger partial charge in [0.15, 0.2) is 5.16 Å². The summed E-state index contributed by atoms with van der Waals surface area (Å²) in [5, 5.41) is 23.0. The molecule has 2 aliphatic rings. The molecule has 0 unspecified atom stereocenters. The Bertz CT molecular complexity index is 929. The van der Waals surface area contributed by atoms with E-state index in [9.17, 15) is 14.9 Å². The lowest BCUT2D eigenvalue weighted by atomic mass is 10.3. The third kappa shape index (κ3) is 4.62. The van der Waals surface area contributed by atoms with E-state index >= 15 is 0 Å². The van der Waals surface area contributed by atoms with Crippen LogP contribution in [0.25, 0.3) is 0 Å². The molecular weight excluding hydrogens is 420 g/mol. The molecule has 2 aromatic rings. The lowest BCUT2D eigenvalue weighted by Crippen LogP contribution is -2.38. The van der Waals surface area contributed by atoms with E-state index in [0.29, 0.717) is 30.1 Å². The van der Waals surface area contributed by atoms with Crippen molar-refractivity contribution in [2.24, 2.45) is 0 Å². The second-order valence-electron chi connectivity index (χ2n) is 6.74. The van der Waals surface area contributed by atoms with Gasteiger partial charge in [0.2, 0.25) is 11.9 Å². The number of nitro groups is 1. The molecule has 1 aliphatic heterocycles. The van der Waals surface area contributed by atoms with Crippen LogP contribution in [0, 0.1) is 10.1 Å². The summed E-state index contributed by atoms with van der Waals surface area (Å²) in [5.41, 5.74) is 0.0742. The summed E-state index contributed by atoms with van der Waals surface area (Å²) in [4.78, 5) is 24.9. The number of halogens is 1. The Morgan fingerprint density at radius 3 is 2.79 bits per heavy atom. The van der Waals surface area contributed by atoms with E-state index in [1.54, 1.807) is 0 Å². The molecule has 2 heterocycles. The van der Waals surface area contributed by atoms with Crippen LogP contribution in [0.5, 0.6) is 0 Å². The van der Waals surface area contributed by atoms with E-state index in [1.165, 1.54) is 30.0 Å². The number of thioether (sulfide) groups is 1. The second-order valence-corrected chi connectivity index (χ2v) is 8.09. The van der Waals surface area contributed by atoms with Crippen LogP contribution in [-0.2, 0) is 9.53 Å². The summed E-state index contributed by atoms with van der Waals surface area (Å²) < 4.78 is 7.51. The van der Waals surface area contributed by atoms with E-state index in [1.807, 2.05) is 0 Å². The smallest absolute Gasteiger partial charge is 0.289 e. The molecule has 1 aliphatic carbocycles. The van der Waals surface area contributed by atoms with Crippen molar-refractivity contribution >= 4 is 46.6 Å². The van der Waals surface area contributed by atoms with E-state index in [2.05, 4.69) is 25.0 Å². The Hall–Kier alpha value is -2.37. The molecule has 0 spiro atoms. The summed E-state index contributed by atoms with van der Waals surface area (Å²) in [6.07, 6.45) is 2.15. The fourth-order valence-corrected chi connectivity index (χ4v) is 4.04. The highest BCUT2D eigenvalue weighted by atomic mass is 35.5. The Balaban J connectivity index is 1.41. The lowest BCUT2D eigenvalue weighted by Gasteiger charge is -2.27. The van der Waals surface area contributed by atoms with Crippen molar-refractivity contribution < 1.29 is 14.5 Å². The van der Waals surface area contributed by atoms with Crippen molar-refractivity contribution in [3.05, 3.63) is 33.3 Å². The van der Waals surface area contributed by atoms with Crippen LogP contribution >= 0.6 is 23.4 Å². The minimum atomic E-state index is -0.585. The molecule has 1 aromatic carbocycles. The zero-order valence-electron chi connectivity index (χ0n) is 15.4. The number of nitrogens with zero attached hydrogens (tertiary/aromatic N) is 5. The molecule has 4 rings (SSSR count). The van der Waals surface area contributed by atoms with Crippen molar-refractivity contribution in [1.29, 1.82) is 0 Å². The molecule has 1 N–H and O–H groups in total. The minimum Gasteiger partial charge on any atom is -0.378 e. The predicted molar refractivity (Wildman–Crippen MR) is 109 cm³/mol. The third-order valence-electron chi connectivity index (χ3n) is 4.61. The van der Waals surface area contributed by atoms with E-state index in [0.717, 1.165) is 31.9 Å². The average molecular weight is 439 g/mol. The molecule has 0 radical (unpaired) electrons. The van der Waals surface area contributed by atoms with E-state index < -0.39 is 4.92 Å².